The van der Waals surface area contributed by atoms with Crippen molar-refractivity contribution < 1.29 is 0 Å². The smallest absolute Gasteiger partial charge is 0.00191 e. The van der Waals surface area contributed by atoms with E-state index in [1.54, 1.807) is 0 Å². The highest BCUT2D eigenvalue weighted by Crippen LogP contribution is 2.31. The maximum absolute atomic E-state index is 3.60. The van der Waals surface area contributed by atoms with E-state index >= 15 is 0 Å². The summed E-state index contributed by atoms with van der Waals surface area (Å²) in [4.78, 5) is 2.62. The second-order valence-corrected chi connectivity index (χ2v) is 5.55. The van der Waals surface area contributed by atoms with Crippen molar-refractivity contribution in [1.29, 1.82) is 0 Å². The fourth-order valence-corrected chi connectivity index (χ4v) is 2.53. The fraction of sp³-hybridized carbons (Fsp3) is 1.00. The first-order valence-corrected chi connectivity index (χ1v) is 6.77. The van der Waals surface area contributed by atoms with E-state index in [1.165, 1.54) is 64.8 Å². The zero-order valence-corrected chi connectivity index (χ0v) is 10.2. The summed E-state index contributed by atoms with van der Waals surface area (Å²) < 4.78 is 0. The Morgan fingerprint density at radius 3 is 2.67 bits per heavy atom. The van der Waals surface area contributed by atoms with Crippen LogP contribution >= 0.6 is 0 Å². The average molecular weight is 210 g/mol. The number of likely N-dealkylation sites (tertiary alicyclic amines) is 1. The van der Waals surface area contributed by atoms with Crippen LogP contribution < -0.4 is 5.32 Å². The van der Waals surface area contributed by atoms with Gasteiger partial charge in [0.15, 0.2) is 0 Å². The van der Waals surface area contributed by atoms with Crippen molar-refractivity contribution in [3.05, 3.63) is 0 Å². The topological polar surface area (TPSA) is 15.3 Å². The third kappa shape index (κ3) is 4.52. The van der Waals surface area contributed by atoms with Gasteiger partial charge in [-0.1, -0.05) is 19.8 Å². The van der Waals surface area contributed by atoms with Crippen LogP contribution in [0.5, 0.6) is 0 Å². The van der Waals surface area contributed by atoms with Gasteiger partial charge >= 0.3 is 0 Å². The summed E-state index contributed by atoms with van der Waals surface area (Å²) in [5.41, 5.74) is 0. The largest absolute Gasteiger partial charge is 0.316 e. The summed E-state index contributed by atoms with van der Waals surface area (Å²) in [5, 5.41) is 3.60. The predicted octanol–water partition coefficient (Wildman–Crippen LogP) is 2.11. The lowest BCUT2D eigenvalue weighted by Gasteiger charge is -2.20. The number of rotatable bonds is 7. The first-order valence-electron chi connectivity index (χ1n) is 6.77. The van der Waals surface area contributed by atoms with Crippen LogP contribution in [0.15, 0.2) is 0 Å². The lowest BCUT2D eigenvalue weighted by molar-refractivity contribution is 0.282. The SMILES string of the molecule is CC(CNCCC1CC1)CN1CCCC1. The Kier molecular flexibility index (Phi) is 4.45. The minimum atomic E-state index is 0.822. The molecule has 2 aliphatic rings. The number of hydrogen-bond donors (Lipinski definition) is 1. The van der Waals surface area contributed by atoms with Gasteiger partial charge in [0.25, 0.3) is 0 Å². The molecule has 0 aromatic heterocycles. The minimum Gasteiger partial charge on any atom is -0.316 e. The third-order valence-electron chi connectivity index (χ3n) is 3.69. The number of hydrogen-bond acceptors (Lipinski definition) is 2. The molecule has 1 N–H and O–H groups in total. The monoisotopic (exact) mass is 210 g/mol. The van der Waals surface area contributed by atoms with Crippen LogP contribution in [0.3, 0.4) is 0 Å². The Bertz CT molecular complexity index is 171. The molecule has 0 radical (unpaired) electrons. The van der Waals surface area contributed by atoms with Crippen LogP contribution in [-0.2, 0) is 0 Å². The highest BCUT2D eigenvalue weighted by molar-refractivity contribution is 4.74. The van der Waals surface area contributed by atoms with Crippen molar-refractivity contribution in [1.82, 2.24) is 10.2 Å². The van der Waals surface area contributed by atoms with Gasteiger partial charge < -0.3 is 10.2 Å². The predicted molar refractivity (Wildman–Crippen MR) is 65.0 cm³/mol. The molecule has 1 heterocycles. The molecule has 0 bridgehead atoms. The van der Waals surface area contributed by atoms with E-state index in [2.05, 4.69) is 17.1 Å². The van der Waals surface area contributed by atoms with Crippen molar-refractivity contribution in [3.63, 3.8) is 0 Å². The van der Waals surface area contributed by atoms with Crippen molar-refractivity contribution in [2.75, 3.05) is 32.7 Å². The second kappa shape index (κ2) is 5.86. The molecule has 15 heavy (non-hydrogen) atoms. The molecule has 1 saturated carbocycles. The Balaban J connectivity index is 1.45. The van der Waals surface area contributed by atoms with Crippen LogP contribution in [0, 0.1) is 11.8 Å². The van der Waals surface area contributed by atoms with E-state index in [0.717, 1.165) is 11.8 Å². The van der Waals surface area contributed by atoms with Crippen molar-refractivity contribution in [3.8, 4) is 0 Å². The summed E-state index contributed by atoms with van der Waals surface area (Å²) in [7, 11) is 0. The molecule has 0 aromatic carbocycles. The normalized spacial score (nSPS) is 24.6. The fourth-order valence-electron chi connectivity index (χ4n) is 2.53. The highest BCUT2D eigenvalue weighted by atomic mass is 15.1. The molecule has 1 aliphatic heterocycles. The van der Waals surface area contributed by atoms with Crippen LogP contribution in [-0.4, -0.2) is 37.6 Å². The van der Waals surface area contributed by atoms with E-state index in [1.807, 2.05) is 0 Å². The third-order valence-corrected chi connectivity index (χ3v) is 3.69. The summed E-state index contributed by atoms with van der Waals surface area (Å²) in [6.45, 7) is 8.82. The van der Waals surface area contributed by atoms with Gasteiger partial charge in [-0.2, -0.15) is 0 Å². The Hall–Kier alpha value is -0.0800. The molecule has 0 spiro atoms. The lowest BCUT2D eigenvalue weighted by atomic mass is 10.1. The number of nitrogens with zero attached hydrogens (tertiary/aromatic N) is 1. The zero-order valence-electron chi connectivity index (χ0n) is 10.2. The van der Waals surface area contributed by atoms with Gasteiger partial charge in [0.1, 0.15) is 0 Å². The standard InChI is InChI=1S/C13H26N2/c1-12(11-15-8-2-3-9-15)10-14-7-6-13-4-5-13/h12-14H,2-11H2,1H3. The Morgan fingerprint density at radius 1 is 1.27 bits per heavy atom. The highest BCUT2D eigenvalue weighted by Gasteiger charge is 2.20. The molecule has 88 valence electrons. The summed E-state index contributed by atoms with van der Waals surface area (Å²) in [5.74, 6) is 1.90. The molecule has 2 nitrogen and oxygen atoms in total. The van der Waals surface area contributed by atoms with Crippen LogP contribution in [0.25, 0.3) is 0 Å². The molecule has 2 fully saturated rings. The lowest BCUT2D eigenvalue weighted by Crippen LogP contribution is -2.32. The van der Waals surface area contributed by atoms with E-state index in [-0.39, 0.29) is 0 Å². The quantitative estimate of drug-likeness (QED) is 0.647. The first-order chi connectivity index (χ1) is 7.34. The molecule has 1 aliphatic carbocycles. The van der Waals surface area contributed by atoms with Gasteiger partial charge in [0.05, 0.1) is 0 Å². The van der Waals surface area contributed by atoms with E-state index in [0.29, 0.717) is 0 Å². The molecular weight excluding hydrogens is 184 g/mol. The van der Waals surface area contributed by atoms with E-state index in [4.69, 9.17) is 0 Å². The molecule has 0 amide bonds. The molecule has 0 aromatic rings. The van der Waals surface area contributed by atoms with E-state index < -0.39 is 0 Å². The summed E-state index contributed by atoms with van der Waals surface area (Å²) in [6, 6.07) is 0. The van der Waals surface area contributed by atoms with Crippen molar-refractivity contribution in [2.24, 2.45) is 11.8 Å². The molecule has 2 rings (SSSR count). The van der Waals surface area contributed by atoms with Crippen molar-refractivity contribution >= 4 is 0 Å². The van der Waals surface area contributed by atoms with Crippen molar-refractivity contribution in [2.45, 2.75) is 39.0 Å². The molecule has 1 atom stereocenters. The molecule has 1 unspecified atom stereocenters. The average Bonchev–Trinajstić information content (AvgIpc) is 2.91. The summed E-state index contributed by atoms with van der Waals surface area (Å²) in [6.07, 6.45) is 7.23. The number of nitrogens with one attached hydrogen (secondary N) is 1. The second-order valence-electron chi connectivity index (χ2n) is 5.55. The maximum Gasteiger partial charge on any atom is 0.00191 e. The van der Waals surface area contributed by atoms with Gasteiger partial charge in [0, 0.05) is 6.54 Å². The first kappa shape index (κ1) is 11.4. The summed E-state index contributed by atoms with van der Waals surface area (Å²) >= 11 is 0. The Morgan fingerprint density at radius 2 is 2.00 bits per heavy atom. The zero-order chi connectivity index (χ0) is 10.5. The molecule has 2 heteroatoms. The van der Waals surface area contributed by atoms with Crippen LogP contribution in [0.1, 0.15) is 39.0 Å². The maximum atomic E-state index is 3.60. The van der Waals surface area contributed by atoms with Gasteiger partial charge in [-0.05, 0) is 57.3 Å². The Labute approximate surface area is 94.4 Å². The van der Waals surface area contributed by atoms with Crippen LogP contribution in [0.4, 0.5) is 0 Å². The van der Waals surface area contributed by atoms with Gasteiger partial charge in [0.2, 0.25) is 0 Å². The van der Waals surface area contributed by atoms with Gasteiger partial charge in [-0.15, -0.1) is 0 Å². The van der Waals surface area contributed by atoms with Crippen LogP contribution in [0.2, 0.25) is 0 Å². The van der Waals surface area contributed by atoms with Gasteiger partial charge in [-0.3, -0.25) is 0 Å². The van der Waals surface area contributed by atoms with E-state index in [9.17, 15) is 0 Å². The van der Waals surface area contributed by atoms with Gasteiger partial charge in [-0.25, -0.2) is 0 Å². The molecule has 1 saturated heterocycles. The molecular formula is C13H26N2. The minimum absolute atomic E-state index is 0.822.